The van der Waals surface area contributed by atoms with Crippen LogP contribution in [0.5, 0.6) is 28.7 Å². The summed E-state index contributed by atoms with van der Waals surface area (Å²) in [7, 11) is 4.33. The SMILES string of the molecule is COc1ccc(-c2oc3cc(O)c(C)c(OC)c3c(=O)c2OC(C)=O)cc1OC. The summed E-state index contributed by atoms with van der Waals surface area (Å²) in [6.07, 6.45) is 0. The number of phenols is 1. The van der Waals surface area contributed by atoms with E-state index in [1.165, 1.54) is 34.3 Å². The normalized spacial score (nSPS) is 10.7. The molecule has 1 heterocycles. The molecule has 0 fully saturated rings. The second-order valence-corrected chi connectivity index (χ2v) is 6.18. The van der Waals surface area contributed by atoms with Crippen molar-refractivity contribution in [1.29, 1.82) is 0 Å². The average Bonchev–Trinajstić information content (AvgIpc) is 2.70. The fourth-order valence-corrected chi connectivity index (χ4v) is 3.05. The molecule has 8 nitrogen and oxygen atoms in total. The van der Waals surface area contributed by atoms with E-state index in [1.54, 1.807) is 25.1 Å². The van der Waals surface area contributed by atoms with E-state index in [4.69, 9.17) is 23.4 Å². The van der Waals surface area contributed by atoms with E-state index < -0.39 is 11.4 Å². The largest absolute Gasteiger partial charge is 0.507 e. The van der Waals surface area contributed by atoms with Crippen LogP contribution in [0.25, 0.3) is 22.3 Å². The van der Waals surface area contributed by atoms with Crippen molar-refractivity contribution in [2.45, 2.75) is 13.8 Å². The molecule has 0 radical (unpaired) electrons. The van der Waals surface area contributed by atoms with Crippen molar-refractivity contribution in [3.63, 3.8) is 0 Å². The third-order valence-corrected chi connectivity index (χ3v) is 4.41. The van der Waals surface area contributed by atoms with Gasteiger partial charge < -0.3 is 28.5 Å². The summed E-state index contributed by atoms with van der Waals surface area (Å²) >= 11 is 0. The summed E-state index contributed by atoms with van der Waals surface area (Å²) in [5, 5.41) is 10.2. The number of esters is 1. The molecule has 3 aromatic rings. The van der Waals surface area contributed by atoms with Gasteiger partial charge in [-0.1, -0.05) is 0 Å². The molecule has 0 aliphatic carbocycles. The van der Waals surface area contributed by atoms with E-state index in [-0.39, 0.29) is 34.0 Å². The molecule has 1 aromatic heterocycles. The molecule has 29 heavy (non-hydrogen) atoms. The number of ether oxygens (including phenoxy) is 4. The highest BCUT2D eigenvalue weighted by Crippen LogP contribution is 2.40. The van der Waals surface area contributed by atoms with Gasteiger partial charge in [0, 0.05) is 24.1 Å². The summed E-state index contributed by atoms with van der Waals surface area (Å²) in [6.45, 7) is 2.78. The van der Waals surface area contributed by atoms with Crippen LogP contribution in [0.15, 0.2) is 33.5 Å². The number of hydrogen-bond acceptors (Lipinski definition) is 8. The molecule has 0 aliphatic heterocycles. The highest BCUT2D eigenvalue weighted by molar-refractivity contribution is 5.91. The van der Waals surface area contributed by atoms with Gasteiger partial charge in [0.1, 0.15) is 22.5 Å². The molecule has 2 aromatic carbocycles. The van der Waals surface area contributed by atoms with Gasteiger partial charge >= 0.3 is 5.97 Å². The Morgan fingerprint density at radius 3 is 2.28 bits per heavy atom. The molecule has 0 saturated heterocycles. The summed E-state index contributed by atoms with van der Waals surface area (Å²) in [5.74, 6) is -0.0661. The molecule has 152 valence electrons. The number of phenolic OH excluding ortho intramolecular Hbond substituents is 1. The van der Waals surface area contributed by atoms with E-state index >= 15 is 0 Å². The number of rotatable bonds is 5. The molecule has 0 unspecified atom stereocenters. The average molecular weight is 400 g/mol. The third kappa shape index (κ3) is 3.44. The minimum atomic E-state index is -0.687. The summed E-state index contributed by atoms with van der Waals surface area (Å²) in [4.78, 5) is 24.9. The van der Waals surface area contributed by atoms with Crippen LogP contribution in [-0.4, -0.2) is 32.4 Å². The Morgan fingerprint density at radius 1 is 1.00 bits per heavy atom. The lowest BCUT2D eigenvalue weighted by Crippen LogP contribution is -2.14. The van der Waals surface area contributed by atoms with E-state index in [1.807, 2.05) is 0 Å². The molecule has 0 atom stereocenters. The smallest absolute Gasteiger partial charge is 0.308 e. The van der Waals surface area contributed by atoms with E-state index in [0.29, 0.717) is 22.6 Å². The molecule has 0 saturated carbocycles. The second-order valence-electron chi connectivity index (χ2n) is 6.18. The zero-order valence-corrected chi connectivity index (χ0v) is 16.6. The fraction of sp³-hybridized carbons (Fsp3) is 0.238. The van der Waals surface area contributed by atoms with Crippen LogP contribution in [0.3, 0.4) is 0 Å². The first-order valence-electron chi connectivity index (χ1n) is 8.60. The van der Waals surface area contributed by atoms with Crippen molar-refractivity contribution < 1.29 is 33.3 Å². The molecular formula is C21H20O8. The molecular weight excluding hydrogens is 380 g/mol. The van der Waals surface area contributed by atoms with Gasteiger partial charge in [0.2, 0.25) is 11.2 Å². The maximum atomic E-state index is 13.2. The Balaban J connectivity index is 2.42. The van der Waals surface area contributed by atoms with Gasteiger partial charge in [0.25, 0.3) is 0 Å². The van der Waals surface area contributed by atoms with Crippen molar-refractivity contribution in [1.82, 2.24) is 0 Å². The van der Waals surface area contributed by atoms with Crippen molar-refractivity contribution >= 4 is 16.9 Å². The minimum Gasteiger partial charge on any atom is -0.507 e. The first-order chi connectivity index (χ1) is 13.8. The highest BCUT2D eigenvalue weighted by atomic mass is 16.5. The van der Waals surface area contributed by atoms with Crippen LogP contribution < -0.4 is 24.4 Å². The van der Waals surface area contributed by atoms with Gasteiger partial charge in [-0.2, -0.15) is 0 Å². The predicted octanol–water partition coefficient (Wildman–Crippen LogP) is 3.43. The lowest BCUT2D eigenvalue weighted by Gasteiger charge is -2.14. The Morgan fingerprint density at radius 2 is 1.69 bits per heavy atom. The summed E-state index contributed by atoms with van der Waals surface area (Å²) in [6, 6.07) is 6.16. The Labute approximate surface area is 166 Å². The molecule has 0 bridgehead atoms. The van der Waals surface area contributed by atoms with Crippen LogP contribution in [0.4, 0.5) is 0 Å². The van der Waals surface area contributed by atoms with Crippen LogP contribution in [-0.2, 0) is 4.79 Å². The van der Waals surface area contributed by atoms with E-state index in [2.05, 4.69) is 0 Å². The first-order valence-corrected chi connectivity index (χ1v) is 8.60. The number of methoxy groups -OCH3 is 3. The van der Waals surface area contributed by atoms with Gasteiger partial charge in [0.05, 0.1) is 21.3 Å². The van der Waals surface area contributed by atoms with Crippen molar-refractivity contribution in [2.75, 3.05) is 21.3 Å². The van der Waals surface area contributed by atoms with E-state index in [0.717, 1.165) is 0 Å². The fourth-order valence-electron chi connectivity index (χ4n) is 3.05. The van der Waals surface area contributed by atoms with Gasteiger partial charge in [-0.15, -0.1) is 0 Å². The topological polar surface area (TPSA) is 104 Å². The predicted molar refractivity (Wildman–Crippen MR) is 105 cm³/mol. The molecule has 0 amide bonds. The van der Waals surface area contributed by atoms with Crippen molar-refractivity contribution in [2.24, 2.45) is 0 Å². The number of aromatic hydroxyl groups is 1. The van der Waals surface area contributed by atoms with Crippen molar-refractivity contribution in [3.05, 3.63) is 40.1 Å². The Hall–Kier alpha value is -3.68. The maximum Gasteiger partial charge on any atom is 0.308 e. The second kappa shape index (κ2) is 7.75. The van der Waals surface area contributed by atoms with Crippen molar-refractivity contribution in [3.8, 4) is 40.1 Å². The quantitative estimate of drug-likeness (QED) is 0.650. The molecule has 8 heteroatoms. The zero-order valence-electron chi connectivity index (χ0n) is 16.6. The Kier molecular flexibility index (Phi) is 5.36. The molecule has 0 aliphatic rings. The lowest BCUT2D eigenvalue weighted by molar-refractivity contribution is -0.132. The number of carbonyl (C=O) groups is 1. The van der Waals surface area contributed by atoms with Crippen LogP contribution >= 0.6 is 0 Å². The van der Waals surface area contributed by atoms with Gasteiger partial charge in [-0.05, 0) is 25.1 Å². The molecule has 0 spiro atoms. The van der Waals surface area contributed by atoms with Crippen LogP contribution in [0.2, 0.25) is 0 Å². The number of benzene rings is 2. The number of carbonyl (C=O) groups excluding carboxylic acids is 1. The van der Waals surface area contributed by atoms with E-state index in [9.17, 15) is 14.7 Å². The third-order valence-electron chi connectivity index (χ3n) is 4.41. The first kappa shape index (κ1) is 20.1. The summed E-state index contributed by atoms with van der Waals surface area (Å²) < 4.78 is 26.9. The van der Waals surface area contributed by atoms with Crippen LogP contribution in [0, 0.1) is 6.92 Å². The number of hydrogen-bond donors (Lipinski definition) is 1. The monoisotopic (exact) mass is 400 g/mol. The molecule has 1 N–H and O–H groups in total. The highest BCUT2D eigenvalue weighted by Gasteiger charge is 2.24. The minimum absolute atomic E-state index is 0.00367. The van der Waals surface area contributed by atoms with Gasteiger partial charge in [0.15, 0.2) is 17.3 Å². The summed E-state index contributed by atoms with van der Waals surface area (Å²) in [5.41, 5.74) is 0.249. The van der Waals surface area contributed by atoms with Gasteiger partial charge in [-0.25, -0.2) is 0 Å². The van der Waals surface area contributed by atoms with Gasteiger partial charge in [-0.3, -0.25) is 9.59 Å². The maximum absolute atomic E-state index is 13.2. The zero-order chi connectivity index (χ0) is 21.3. The lowest BCUT2D eigenvalue weighted by atomic mass is 10.1. The van der Waals surface area contributed by atoms with Crippen LogP contribution in [0.1, 0.15) is 12.5 Å². The Bertz CT molecular complexity index is 1160. The standard InChI is InChI=1S/C21H20O8/c1-10-13(23)9-16-17(19(10)27-5)18(24)21(28-11(2)22)20(29-16)12-6-7-14(25-3)15(8-12)26-4/h6-9,23H,1-5H3. The number of fused-ring (bicyclic) bond motifs is 1. The molecule has 3 rings (SSSR count).